The van der Waals surface area contributed by atoms with Gasteiger partial charge in [-0.15, -0.1) is 0 Å². The lowest BCUT2D eigenvalue weighted by molar-refractivity contribution is -0.104. The molecule has 2 aromatic rings. The number of piperidine rings is 1. The van der Waals surface area contributed by atoms with Crippen LogP contribution in [0.4, 0.5) is 29.5 Å². The molecule has 12 heteroatoms. The van der Waals surface area contributed by atoms with Crippen LogP contribution in [0.5, 0.6) is 0 Å². The molecule has 0 bridgehead atoms. The van der Waals surface area contributed by atoms with Gasteiger partial charge in [-0.25, -0.2) is 18.0 Å². The predicted octanol–water partition coefficient (Wildman–Crippen LogP) is 3.39. The molecule has 2 heterocycles. The van der Waals surface area contributed by atoms with Gasteiger partial charge in [0.15, 0.2) is 5.82 Å². The lowest BCUT2D eigenvalue weighted by Crippen LogP contribution is -2.59. The molecule has 0 spiro atoms. The minimum atomic E-state index is -2.45. The van der Waals surface area contributed by atoms with Crippen LogP contribution in [0.2, 0.25) is 0 Å². The van der Waals surface area contributed by atoms with Gasteiger partial charge in [-0.2, -0.15) is 10.4 Å². The van der Waals surface area contributed by atoms with Crippen molar-refractivity contribution in [3.63, 3.8) is 0 Å². The molecule has 1 saturated heterocycles. The Morgan fingerprint density at radius 2 is 2.09 bits per heavy atom. The average molecular weight is 450 g/mol. The van der Waals surface area contributed by atoms with Gasteiger partial charge in [0.25, 0.3) is 5.91 Å². The Kier molecular flexibility index (Phi) is 6.57. The SMILES string of the molecule is CCC1(F)C(C#N)C(n2cc(C(N)=O)c(Nc3ccc(F)cc3)n2)CCN1C(=O)OCF. The van der Waals surface area contributed by atoms with E-state index in [4.69, 9.17) is 5.73 Å². The number of hydrogen-bond donors (Lipinski definition) is 2. The van der Waals surface area contributed by atoms with Crippen LogP contribution in [0.3, 0.4) is 0 Å². The third-order valence-corrected chi connectivity index (χ3v) is 5.44. The van der Waals surface area contributed by atoms with E-state index in [1.807, 2.05) is 6.07 Å². The second kappa shape index (κ2) is 9.17. The van der Waals surface area contributed by atoms with Crippen molar-refractivity contribution in [1.29, 1.82) is 5.26 Å². The highest BCUT2D eigenvalue weighted by Crippen LogP contribution is 2.44. The number of ether oxygens (including phenoxy) is 1. The maximum absolute atomic E-state index is 15.9. The second-order valence-corrected chi connectivity index (χ2v) is 7.17. The monoisotopic (exact) mass is 450 g/mol. The van der Waals surface area contributed by atoms with Crippen LogP contribution in [-0.2, 0) is 4.74 Å². The van der Waals surface area contributed by atoms with Crippen LogP contribution < -0.4 is 11.1 Å². The van der Waals surface area contributed by atoms with E-state index in [1.165, 1.54) is 42.1 Å². The van der Waals surface area contributed by atoms with Crippen molar-refractivity contribution in [2.24, 2.45) is 11.7 Å². The highest BCUT2D eigenvalue weighted by atomic mass is 19.1. The van der Waals surface area contributed by atoms with Crippen molar-refractivity contribution in [2.45, 2.75) is 31.6 Å². The number of hydrogen-bond acceptors (Lipinski definition) is 6. The van der Waals surface area contributed by atoms with E-state index in [0.717, 1.165) is 0 Å². The number of carbonyl (C=O) groups excluding carboxylic acids is 2. The molecular formula is C20H21F3N6O3. The number of rotatable bonds is 6. The smallest absolute Gasteiger partial charge is 0.414 e. The van der Waals surface area contributed by atoms with Crippen LogP contribution >= 0.6 is 0 Å². The molecule has 9 nitrogen and oxygen atoms in total. The van der Waals surface area contributed by atoms with Crippen LogP contribution in [0.1, 0.15) is 36.2 Å². The number of nitriles is 1. The van der Waals surface area contributed by atoms with Crippen molar-refractivity contribution in [3.05, 3.63) is 41.8 Å². The first kappa shape index (κ1) is 22.9. The zero-order valence-corrected chi connectivity index (χ0v) is 17.1. The fraction of sp³-hybridized carbons (Fsp3) is 0.400. The summed E-state index contributed by atoms with van der Waals surface area (Å²) >= 11 is 0. The number of likely N-dealkylation sites (tertiary alicyclic amines) is 1. The van der Waals surface area contributed by atoms with Crippen LogP contribution in [0.15, 0.2) is 30.5 Å². The standard InChI is InChI=1S/C20H21F3N6O3/c1-2-20(23)15(9-24)16(7-8-28(20)19(31)32-11-21)29-10-14(17(25)30)18(27-29)26-13-5-3-12(22)4-6-13/h3-6,10,15-16H,2,7-8,11H2,1H3,(H2,25,30)(H,26,27). The quantitative estimate of drug-likeness (QED) is 0.650. The molecule has 1 aromatic heterocycles. The Labute approximate surface area is 181 Å². The summed E-state index contributed by atoms with van der Waals surface area (Å²) in [5.41, 5.74) is 5.84. The molecule has 1 aromatic carbocycles. The van der Waals surface area contributed by atoms with E-state index in [0.29, 0.717) is 10.6 Å². The first-order valence-electron chi connectivity index (χ1n) is 9.75. The molecule has 2 amide bonds. The summed E-state index contributed by atoms with van der Waals surface area (Å²) in [4.78, 5) is 24.7. The van der Waals surface area contributed by atoms with Crippen molar-refractivity contribution >= 4 is 23.5 Å². The molecule has 0 saturated carbocycles. The molecule has 32 heavy (non-hydrogen) atoms. The maximum atomic E-state index is 15.9. The van der Waals surface area contributed by atoms with Crippen molar-refractivity contribution < 1.29 is 27.5 Å². The number of halogens is 3. The summed E-state index contributed by atoms with van der Waals surface area (Å²) in [6, 6.07) is 6.29. The number of anilines is 2. The summed E-state index contributed by atoms with van der Waals surface area (Å²) in [6.07, 6.45) is -0.0866. The number of nitrogens with zero attached hydrogens (tertiary/aromatic N) is 4. The summed E-state index contributed by atoms with van der Waals surface area (Å²) in [5, 5.41) is 16.9. The van der Waals surface area contributed by atoms with E-state index in [1.54, 1.807) is 0 Å². The van der Waals surface area contributed by atoms with Gasteiger partial charge < -0.3 is 15.8 Å². The van der Waals surface area contributed by atoms with Gasteiger partial charge in [0.2, 0.25) is 12.7 Å². The minimum absolute atomic E-state index is 0.0220. The Bertz CT molecular complexity index is 1040. The summed E-state index contributed by atoms with van der Waals surface area (Å²) in [7, 11) is 0. The molecule has 3 rings (SSSR count). The Balaban J connectivity index is 1.96. The number of primary amides is 1. The van der Waals surface area contributed by atoms with Gasteiger partial charge in [0.1, 0.15) is 17.3 Å². The summed E-state index contributed by atoms with van der Waals surface area (Å²) in [6.45, 7) is -0.143. The van der Waals surface area contributed by atoms with Crippen molar-refractivity contribution in [2.75, 3.05) is 18.7 Å². The largest absolute Gasteiger partial charge is 0.417 e. The molecule has 0 radical (unpaired) electrons. The van der Waals surface area contributed by atoms with Crippen LogP contribution in [-0.4, -0.2) is 45.9 Å². The Morgan fingerprint density at radius 3 is 2.66 bits per heavy atom. The highest BCUT2D eigenvalue weighted by molar-refractivity contribution is 5.98. The molecule has 3 unspecified atom stereocenters. The minimum Gasteiger partial charge on any atom is -0.417 e. The van der Waals surface area contributed by atoms with E-state index in [-0.39, 0.29) is 30.8 Å². The highest BCUT2D eigenvalue weighted by Gasteiger charge is 2.54. The van der Waals surface area contributed by atoms with Gasteiger partial charge in [-0.3, -0.25) is 14.4 Å². The number of aromatic nitrogens is 2. The molecule has 3 atom stereocenters. The molecule has 170 valence electrons. The van der Waals surface area contributed by atoms with E-state index in [9.17, 15) is 23.6 Å². The van der Waals surface area contributed by atoms with Crippen LogP contribution in [0, 0.1) is 23.1 Å². The fourth-order valence-corrected chi connectivity index (χ4v) is 3.83. The number of amides is 2. The molecule has 0 aliphatic carbocycles. The number of nitrogens with one attached hydrogen (secondary N) is 1. The van der Waals surface area contributed by atoms with Gasteiger partial charge in [-0.1, -0.05) is 6.92 Å². The zero-order valence-electron chi connectivity index (χ0n) is 17.1. The maximum Gasteiger partial charge on any atom is 0.414 e. The first-order valence-corrected chi connectivity index (χ1v) is 9.75. The number of alkyl halides is 2. The fourth-order valence-electron chi connectivity index (χ4n) is 3.83. The zero-order chi connectivity index (χ0) is 23.5. The molecule has 1 aliphatic heterocycles. The average Bonchev–Trinajstić information content (AvgIpc) is 3.19. The first-order chi connectivity index (χ1) is 15.2. The normalized spacial score (nSPS) is 22.8. The second-order valence-electron chi connectivity index (χ2n) is 7.17. The van der Waals surface area contributed by atoms with Crippen molar-refractivity contribution in [1.82, 2.24) is 14.7 Å². The number of carbonyl (C=O) groups is 2. The van der Waals surface area contributed by atoms with Crippen molar-refractivity contribution in [3.8, 4) is 6.07 Å². The van der Waals surface area contributed by atoms with Gasteiger partial charge >= 0.3 is 6.09 Å². The van der Waals surface area contributed by atoms with E-state index < -0.39 is 42.4 Å². The topological polar surface area (TPSA) is 126 Å². The summed E-state index contributed by atoms with van der Waals surface area (Å²) < 4.78 is 47.0. The van der Waals surface area contributed by atoms with Gasteiger partial charge in [0, 0.05) is 18.4 Å². The van der Waals surface area contributed by atoms with Crippen LogP contribution in [0.25, 0.3) is 0 Å². The van der Waals surface area contributed by atoms with E-state index >= 15 is 4.39 Å². The Hall–Kier alpha value is -3.75. The third-order valence-electron chi connectivity index (χ3n) is 5.44. The Morgan fingerprint density at radius 1 is 1.41 bits per heavy atom. The molecular weight excluding hydrogens is 429 g/mol. The molecule has 3 N–H and O–H groups in total. The van der Waals surface area contributed by atoms with E-state index in [2.05, 4.69) is 15.2 Å². The molecule has 1 fully saturated rings. The predicted molar refractivity (Wildman–Crippen MR) is 106 cm³/mol. The molecule has 1 aliphatic rings. The number of nitrogens with two attached hydrogens (primary N) is 1. The summed E-state index contributed by atoms with van der Waals surface area (Å²) in [5.74, 6) is -5.08. The van der Waals surface area contributed by atoms with Gasteiger partial charge in [-0.05, 0) is 37.1 Å². The lowest BCUT2D eigenvalue weighted by atomic mass is 9.82. The lowest BCUT2D eigenvalue weighted by Gasteiger charge is -2.45. The third kappa shape index (κ3) is 4.18. The van der Waals surface area contributed by atoms with Gasteiger partial charge in [0.05, 0.1) is 12.1 Å². The number of benzene rings is 1.